The smallest absolute Gasteiger partial charge is 0.316 e. The number of esters is 1. The predicted octanol–water partition coefficient (Wildman–Crippen LogP) is 4.89. The standard InChI is InChI=1S/C19H22ClNO3/c1-13-17(14(2)24-21-13)12-23-18(22)19(9-4-3-5-10-19)15-7-6-8-16(20)11-15/h6-8,11H,3-5,9-10,12H2,1-2H3. The lowest BCUT2D eigenvalue weighted by Crippen LogP contribution is -2.39. The van der Waals surface area contributed by atoms with Gasteiger partial charge in [-0.15, -0.1) is 0 Å². The molecule has 4 nitrogen and oxygen atoms in total. The zero-order valence-electron chi connectivity index (χ0n) is 14.1. The normalized spacial score (nSPS) is 16.8. The molecule has 1 fully saturated rings. The van der Waals surface area contributed by atoms with Crippen molar-refractivity contribution in [3.05, 3.63) is 51.9 Å². The molecule has 0 bridgehead atoms. The minimum absolute atomic E-state index is 0.176. The van der Waals surface area contributed by atoms with Crippen LogP contribution in [0.3, 0.4) is 0 Å². The molecule has 0 saturated heterocycles. The fourth-order valence-electron chi connectivity index (χ4n) is 3.54. The van der Waals surface area contributed by atoms with Crippen molar-refractivity contribution in [3.63, 3.8) is 0 Å². The Kier molecular flexibility index (Phi) is 4.95. The van der Waals surface area contributed by atoms with Gasteiger partial charge in [0.1, 0.15) is 12.4 Å². The van der Waals surface area contributed by atoms with Crippen LogP contribution in [-0.4, -0.2) is 11.1 Å². The van der Waals surface area contributed by atoms with Crippen LogP contribution in [0.5, 0.6) is 0 Å². The van der Waals surface area contributed by atoms with E-state index in [1.54, 1.807) is 0 Å². The van der Waals surface area contributed by atoms with E-state index in [2.05, 4.69) is 5.16 Å². The second-order valence-corrected chi connectivity index (χ2v) is 6.97. The largest absolute Gasteiger partial charge is 0.460 e. The fraction of sp³-hybridized carbons (Fsp3) is 0.474. The summed E-state index contributed by atoms with van der Waals surface area (Å²) >= 11 is 6.16. The summed E-state index contributed by atoms with van der Waals surface area (Å²) in [6.45, 7) is 3.88. The van der Waals surface area contributed by atoms with E-state index in [-0.39, 0.29) is 12.6 Å². The molecule has 2 aromatic rings. The van der Waals surface area contributed by atoms with Crippen LogP contribution in [0.1, 0.15) is 54.7 Å². The van der Waals surface area contributed by atoms with E-state index in [0.717, 1.165) is 48.9 Å². The van der Waals surface area contributed by atoms with E-state index >= 15 is 0 Å². The molecule has 0 atom stereocenters. The highest BCUT2D eigenvalue weighted by Gasteiger charge is 2.42. The van der Waals surface area contributed by atoms with Crippen molar-refractivity contribution >= 4 is 17.6 Å². The SMILES string of the molecule is Cc1noc(C)c1COC(=O)C1(c2cccc(Cl)c2)CCCCC1. The van der Waals surface area contributed by atoms with Crippen LogP contribution < -0.4 is 0 Å². The van der Waals surface area contributed by atoms with E-state index in [1.807, 2.05) is 38.1 Å². The molecule has 5 heteroatoms. The van der Waals surface area contributed by atoms with Gasteiger partial charge in [0.15, 0.2) is 0 Å². The van der Waals surface area contributed by atoms with E-state index < -0.39 is 5.41 Å². The third-order valence-corrected chi connectivity index (χ3v) is 5.24. The summed E-state index contributed by atoms with van der Waals surface area (Å²) in [5, 5.41) is 4.56. The molecule has 128 valence electrons. The summed E-state index contributed by atoms with van der Waals surface area (Å²) in [4.78, 5) is 13.0. The predicted molar refractivity (Wildman–Crippen MR) is 92.0 cm³/mol. The average Bonchev–Trinajstić information content (AvgIpc) is 2.91. The molecule has 0 unspecified atom stereocenters. The number of aryl methyl sites for hydroxylation is 2. The van der Waals surface area contributed by atoms with E-state index in [4.69, 9.17) is 20.9 Å². The molecule has 1 saturated carbocycles. The molecule has 1 aromatic carbocycles. The van der Waals surface area contributed by atoms with Crippen molar-refractivity contribution in [3.8, 4) is 0 Å². The molecular weight excluding hydrogens is 326 g/mol. The maximum atomic E-state index is 13.0. The van der Waals surface area contributed by atoms with Gasteiger partial charge in [0.25, 0.3) is 0 Å². The molecule has 3 rings (SSSR count). The summed E-state index contributed by atoms with van der Waals surface area (Å²) in [6, 6.07) is 7.60. The minimum Gasteiger partial charge on any atom is -0.460 e. The highest BCUT2D eigenvalue weighted by atomic mass is 35.5. The van der Waals surface area contributed by atoms with Crippen LogP contribution >= 0.6 is 11.6 Å². The number of carbonyl (C=O) groups is 1. The van der Waals surface area contributed by atoms with Crippen molar-refractivity contribution in [2.45, 2.75) is 58.0 Å². The highest BCUT2D eigenvalue weighted by molar-refractivity contribution is 6.30. The number of aromatic nitrogens is 1. The van der Waals surface area contributed by atoms with Gasteiger partial charge in [-0.25, -0.2) is 0 Å². The highest BCUT2D eigenvalue weighted by Crippen LogP contribution is 2.41. The molecule has 1 aliphatic carbocycles. The number of carbonyl (C=O) groups excluding carboxylic acids is 1. The number of hydrogen-bond donors (Lipinski definition) is 0. The van der Waals surface area contributed by atoms with Gasteiger partial charge >= 0.3 is 5.97 Å². The first-order valence-electron chi connectivity index (χ1n) is 8.38. The lowest BCUT2D eigenvalue weighted by Gasteiger charge is -2.35. The molecule has 24 heavy (non-hydrogen) atoms. The molecule has 0 radical (unpaired) electrons. The third kappa shape index (κ3) is 3.20. The van der Waals surface area contributed by atoms with Crippen LogP contribution in [0, 0.1) is 13.8 Å². The maximum absolute atomic E-state index is 13.0. The molecule has 0 spiro atoms. The van der Waals surface area contributed by atoms with Crippen LogP contribution in [0.15, 0.2) is 28.8 Å². The number of nitrogens with zero attached hydrogens (tertiary/aromatic N) is 1. The Morgan fingerprint density at radius 1 is 1.29 bits per heavy atom. The first kappa shape index (κ1) is 17.0. The topological polar surface area (TPSA) is 52.3 Å². The number of benzene rings is 1. The van der Waals surface area contributed by atoms with Gasteiger partial charge in [0, 0.05) is 5.02 Å². The number of ether oxygens (including phenoxy) is 1. The Balaban J connectivity index is 1.84. The van der Waals surface area contributed by atoms with Gasteiger partial charge in [-0.1, -0.05) is 48.2 Å². The van der Waals surface area contributed by atoms with Crippen molar-refractivity contribution in [2.75, 3.05) is 0 Å². The number of rotatable bonds is 4. The zero-order chi connectivity index (χ0) is 17.2. The molecule has 0 amide bonds. The van der Waals surface area contributed by atoms with Crippen LogP contribution in [0.2, 0.25) is 5.02 Å². The van der Waals surface area contributed by atoms with Gasteiger partial charge in [-0.3, -0.25) is 4.79 Å². The Labute approximate surface area is 147 Å². The van der Waals surface area contributed by atoms with Crippen LogP contribution in [0.4, 0.5) is 0 Å². The zero-order valence-corrected chi connectivity index (χ0v) is 14.9. The van der Waals surface area contributed by atoms with Crippen molar-refractivity contribution in [1.29, 1.82) is 0 Å². The second kappa shape index (κ2) is 6.98. The molecule has 0 aliphatic heterocycles. The minimum atomic E-state index is -0.595. The molecular formula is C19H22ClNO3. The summed E-state index contributed by atoms with van der Waals surface area (Å²) in [5.41, 5.74) is 1.97. The summed E-state index contributed by atoms with van der Waals surface area (Å²) in [6.07, 6.45) is 4.79. The van der Waals surface area contributed by atoms with Crippen LogP contribution in [0.25, 0.3) is 0 Å². The Morgan fingerprint density at radius 2 is 2.04 bits per heavy atom. The molecule has 1 aliphatic rings. The quantitative estimate of drug-likeness (QED) is 0.739. The molecule has 0 N–H and O–H groups in total. The Hall–Kier alpha value is -1.81. The van der Waals surface area contributed by atoms with E-state index in [0.29, 0.717) is 10.8 Å². The van der Waals surface area contributed by atoms with Crippen molar-refractivity contribution in [1.82, 2.24) is 5.16 Å². The third-order valence-electron chi connectivity index (χ3n) is 5.00. The van der Waals surface area contributed by atoms with E-state index in [9.17, 15) is 4.79 Å². The lowest BCUT2D eigenvalue weighted by atomic mass is 9.69. The number of hydrogen-bond acceptors (Lipinski definition) is 4. The van der Waals surface area contributed by atoms with Crippen molar-refractivity contribution < 1.29 is 14.1 Å². The fourth-order valence-corrected chi connectivity index (χ4v) is 3.73. The second-order valence-electron chi connectivity index (χ2n) is 6.53. The number of halogens is 1. The summed E-state index contributed by atoms with van der Waals surface area (Å²) < 4.78 is 10.8. The summed E-state index contributed by atoms with van der Waals surface area (Å²) in [7, 11) is 0. The van der Waals surface area contributed by atoms with Crippen molar-refractivity contribution in [2.24, 2.45) is 0 Å². The maximum Gasteiger partial charge on any atom is 0.316 e. The van der Waals surface area contributed by atoms with E-state index in [1.165, 1.54) is 0 Å². The lowest BCUT2D eigenvalue weighted by molar-refractivity contribution is -0.153. The van der Waals surface area contributed by atoms with Gasteiger partial charge in [-0.2, -0.15) is 0 Å². The molecule has 1 aromatic heterocycles. The monoisotopic (exact) mass is 347 g/mol. The van der Waals surface area contributed by atoms with Gasteiger partial charge in [0.05, 0.1) is 16.7 Å². The summed E-state index contributed by atoms with van der Waals surface area (Å²) in [5.74, 6) is 0.519. The van der Waals surface area contributed by atoms with Crippen LogP contribution in [-0.2, 0) is 21.6 Å². The van der Waals surface area contributed by atoms with Gasteiger partial charge in [-0.05, 0) is 44.4 Å². The molecule has 1 heterocycles. The average molecular weight is 348 g/mol. The first-order chi connectivity index (χ1) is 11.5. The van der Waals surface area contributed by atoms with Gasteiger partial charge < -0.3 is 9.26 Å². The first-order valence-corrected chi connectivity index (χ1v) is 8.76. The Bertz CT molecular complexity index is 712. The van der Waals surface area contributed by atoms with Gasteiger partial charge in [0.2, 0.25) is 0 Å². The Morgan fingerprint density at radius 3 is 2.67 bits per heavy atom.